The number of carbonyl (C=O) groups excluding carboxylic acids is 1. The summed E-state index contributed by atoms with van der Waals surface area (Å²) in [4.78, 5) is 36.3. The van der Waals surface area contributed by atoms with Crippen LogP contribution in [0.3, 0.4) is 0 Å². The van der Waals surface area contributed by atoms with Crippen LogP contribution >= 0.6 is 0 Å². The second-order valence-electron chi connectivity index (χ2n) is 8.91. The number of hydrogen-bond acceptors (Lipinski definition) is 8. The number of nitrogens with two attached hydrogens (primary N) is 1. The minimum atomic E-state index is -1.03. The van der Waals surface area contributed by atoms with Crippen LogP contribution in [0.15, 0.2) is 45.7 Å². The van der Waals surface area contributed by atoms with E-state index in [9.17, 15) is 9.59 Å². The Bertz CT molecular complexity index is 1180. The molecule has 182 valence electrons. The number of likely N-dealkylation sites (N-methyl/N-ethyl adjacent to an activating group) is 1. The average Bonchev–Trinajstić information content (AvgIpc) is 2.81. The van der Waals surface area contributed by atoms with Crippen LogP contribution in [0.25, 0.3) is 10.9 Å². The second-order valence-corrected chi connectivity index (χ2v) is 8.91. The molecule has 34 heavy (non-hydrogen) atoms. The van der Waals surface area contributed by atoms with E-state index in [-0.39, 0.29) is 11.9 Å². The van der Waals surface area contributed by atoms with Crippen molar-refractivity contribution < 1.29 is 9.21 Å². The van der Waals surface area contributed by atoms with E-state index in [2.05, 4.69) is 20.6 Å². The number of nitrogens with one attached hydrogen (secondary N) is 2. The highest BCUT2D eigenvalue weighted by Crippen LogP contribution is 2.24. The zero-order chi connectivity index (χ0) is 24.7. The minimum absolute atomic E-state index is 0.0111. The lowest BCUT2D eigenvalue weighted by atomic mass is 10.0. The lowest BCUT2D eigenvalue weighted by Crippen LogP contribution is -2.49. The van der Waals surface area contributed by atoms with Gasteiger partial charge < -0.3 is 25.7 Å². The number of unbranched alkanes of at least 4 members (excludes halogenated alkanes) is 1. The van der Waals surface area contributed by atoms with Crippen LogP contribution in [0, 0.1) is 6.92 Å². The molecule has 3 rings (SSSR count). The summed E-state index contributed by atoms with van der Waals surface area (Å²) in [6.07, 6.45) is 4.26. The van der Waals surface area contributed by atoms with Crippen LogP contribution in [-0.2, 0) is 11.2 Å². The van der Waals surface area contributed by atoms with E-state index in [0.717, 1.165) is 36.3 Å². The van der Waals surface area contributed by atoms with Gasteiger partial charge in [-0.05, 0) is 70.0 Å². The molecule has 2 aromatic heterocycles. The fourth-order valence-electron chi connectivity index (χ4n) is 3.78. The number of aryl methyl sites for hydroxylation is 1. The number of rotatable bonds is 11. The Balaban J connectivity index is 1.72. The first-order chi connectivity index (χ1) is 16.2. The number of pyridine rings is 1. The molecule has 4 N–H and O–H groups in total. The van der Waals surface area contributed by atoms with Crippen LogP contribution < -0.4 is 22.0 Å². The largest absolute Gasteiger partial charge is 0.389 e. The monoisotopic (exact) mass is 466 g/mol. The van der Waals surface area contributed by atoms with E-state index in [1.807, 2.05) is 31.2 Å². The Morgan fingerprint density at radius 3 is 2.71 bits per heavy atom. The number of hydrogen-bond donors (Lipinski definition) is 3. The van der Waals surface area contributed by atoms with Gasteiger partial charge in [0.05, 0.1) is 10.9 Å². The molecule has 2 heterocycles. The Morgan fingerprint density at radius 1 is 1.21 bits per heavy atom. The van der Waals surface area contributed by atoms with Gasteiger partial charge in [-0.3, -0.25) is 9.78 Å². The van der Waals surface area contributed by atoms with Crippen LogP contribution in [0.4, 0.5) is 11.7 Å². The summed E-state index contributed by atoms with van der Waals surface area (Å²) in [5.41, 5.74) is 7.08. The Labute approximate surface area is 199 Å². The van der Waals surface area contributed by atoms with Crippen LogP contribution in [0.1, 0.15) is 37.9 Å². The molecule has 0 saturated carbocycles. The number of anilines is 2. The molecule has 9 nitrogen and oxygen atoms in total. The third kappa shape index (κ3) is 6.11. The molecule has 0 fully saturated rings. The van der Waals surface area contributed by atoms with E-state index in [1.165, 1.54) is 0 Å². The van der Waals surface area contributed by atoms with E-state index < -0.39 is 11.2 Å². The Kier molecular flexibility index (Phi) is 8.22. The fraction of sp³-hybridized carbons (Fsp3) is 0.440. The van der Waals surface area contributed by atoms with Gasteiger partial charge in [0.2, 0.25) is 5.91 Å². The maximum atomic E-state index is 13.1. The van der Waals surface area contributed by atoms with E-state index in [0.29, 0.717) is 30.4 Å². The fourth-order valence-corrected chi connectivity index (χ4v) is 3.78. The van der Waals surface area contributed by atoms with Crippen molar-refractivity contribution >= 4 is 28.5 Å². The summed E-state index contributed by atoms with van der Waals surface area (Å²) in [6, 6.07) is 9.40. The minimum Gasteiger partial charge on any atom is -0.389 e. The zero-order valence-electron chi connectivity index (χ0n) is 20.4. The molecule has 0 aliphatic rings. The molecule has 3 aromatic rings. The molecular formula is C25H34N6O3. The first kappa shape index (κ1) is 25.2. The smallest absolute Gasteiger partial charge is 0.348 e. The van der Waals surface area contributed by atoms with Gasteiger partial charge in [0, 0.05) is 44.1 Å². The first-order valence-corrected chi connectivity index (χ1v) is 11.5. The van der Waals surface area contributed by atoms with Gasteiger partial charge in [-0.1, -0.05) is 6.07 Å². The topological polar surface area (TPSA) is 126 Å². The molecule has 9 heteroatoms. The molecular weight excluding hydrogens is 432 g/mol. The van der Waals surface area contributed by atoms with Crippen LogP contribution in [0.5, 0.6) is 0 Å². The molecule has 0 unspecified atom stereocenters. The third-order valence-corrected chi connectivity index (χ3v) is 5.74. The highest BCUT2D eigenvalue weighted by molar-refractivity contribution is 5.89. The number of benzene rings is 1. The third-order valence-electron chi connectivity index (χ3n) is 5.74. The second kappa shape index (κ2) is 11.1. The summed E-state index contributed by atoms with van der Waals surface area (Å²) in [6.45, 7) is 7.27. The first-order valence-electron chi connectivity index (χ1n) is 11.5. The van der Waals surface area contributed by atoms with Crippen molar-refractivity contribution in [1.82, 2.24) is 14.9 Å². The molecule has 0 spiro atoms. The van der Waals surface area contributed by atoms with Gasteiger partial charge in [0.25, 0.3) is 6.01 Å². The predicted octanol–water partition coefficient (Wildman–Crippen LogP) is 2.93. The summed E-state index contributed by atoms with van der Waals surface area (Å²) >= 11 is 0. The summed E-state index contributed by atoms with van der Waals surface area (Å²) in [5.74, 6) is -0.152. The quantitative estimate of drug-likeness (QED) is 0.368. The van der Waals surface area contributed by atoms with Crippen molar-refractivity contribution in [3.05, 3.63) is 58.2 Å². The number of amides is 1. The normalized spacial score (nSPS) is 11.4. The molecule has 1 aromatic carbocycles. The van der Waals surface area contributed by atoms with Gasteiger partial charge in [-0.25, -0.2) is 4.79 Å². The van der Waals surface area contributed by atoms with Crippen molar-refractivity contribution in [3.8, 4) is 0 Å². The standard InChI is InChI=1S/C25H34N6O3/c1-17-19(28-15-8-6-13-26)10-11-20-21(17)22(32)34-24(29-20)30-25(2,3)23(33)31(4)16-12-18-9-5-7-14-27-18/h5,7,9-11,14,28H,6,8,12-13,15-16,26H2,1-4H3,(H,29,30). The molecule has 0 saturated heterocycles. The van der Waals surface area contributed by atoms with Gasteiger partial charge in [-0.15, -0.1) is 0 Å². The number of fused-ring (bicyclic) bond motifs is 1. The maximum Gasteiger partial charge on any atom is 0.348 e. The van der Waals surface area contributed by atoms with E-state index >= 15 is 0 Å². The maximum absolute atomic E-state index is 13.1. The number of nitrogens with zero attached hydrogens (tertiary/aromatic N) is 3. The average molecular weight is 467 g/mol. The van der Waals surface area contributed by atoms with Crippen molar-refractivity contribution in [1.29, 1.82) is 0 Å². The molecule has 0 radical (unpaired) electrons. The van der Waals surface area contributed by atoms with Gasteiger partial charge in [0.1, 0.15) is 5.54 Å². The van der Waals surface area contributed by atoms with Crippen molar-refractivity contribution in [2.75, 3.05) is 37.3 Å². The lowest BCUT2D eigenvalue weighted by molar-refractivity contribution is -0.133. The zero-order valence-corrected chi connectivity index (χ0v) is 20.4. The van der Waals surface area contributed by atoms with Gasteiger partial charge in [-0.2, -0.15) is 4.98 Å². The summed E-state index contributed by atoms with van der Waals surface area (Å²) in [5, 5.41) is 6.76. The molecule has 0 atom stereocenters. The van der Waals surface area contributed by atoms with Crippen LogP contribution in [0.2, 0.25) is 0 Å². The van der Waals surface area contributed by atoms with Gasteiger partial charge >= 0.3 is 5.63 Å². The van der Waals surface area contributed by atoms with Crippen molar-refractivity contribution in [2.45, 2.75) is 45.6 Å². The van der Waals surface area contributed by atoms with Gasteiger partial charge in [0.15, 0.2) is 0 Å². The molecule has 1 amide bonds. The number of aromatic nitrogens is 2. The molecule has 0 bridgehead atoms. The summed E-state index contributed by atoms with van der Waals surface area (Å²) < 4.78 is 5.46. The molecule has 0 aliphatic carbocycles. The highest BCUT2D eigenvalue weighted by atomic mass is 16.4. The van der Waals surface area contributed by atoms with E-state index in [4.69, 9.17) is 10.2 Å². The highest BCUT2D eigenvalue weighted by Gasteiger charge is 2.32. The Morgan fingerprint density at radius 2 is 2.00 bits per heavy atom. The molecule has 0 aliphatic heterocycles. The lowest BCUT2D eigenvalue weighted by Gasteiger charge is -2.30. The van der Waals surface area contributed by atoms with Crippen molar-refractivity contribution in [2.24, 2.45) is 5.73 Å². The predicted molar refractivity (Wildman–Crippen MR) is 135 cm³/mol. The van der Waals surface area contributed by atoms with E-state index in [1.54, 1.807) is 38.1 Å². The summed E-state index contributed by atoms with van der Waals surface area (Å²) in [7, 11) is 1.74. The SMILES string of the molecule is Cc1c(NCCCCN)ccc2nc(NC(C)(C)C(=O)N(C)CCc3ccccn3)oc(=O)c12. The Hall–Kier alpha value is -3.46. The van der Waals surface area contributed by atoms with Crippen molar-refractivity contribution in [3.63, 3.8) is 0 Å². The number of carbonyl (C=O) groups is 1. The van der Waals surface area contributed by atoms with Crippen LogP contribution in [-0.4, -0.2) is 53.0 Å².